The largest absolute Gasteiger partial charge is 0.396 e. The zero-order valence-corrected chi connectivity index (χ0v) is 11.7. The van der Waals surface area contributed by atoms with Gasteiger partial charge in [0.2, 0.25) is 0 Å². The average Bonchev–Trinajstić information content (AvgIpc) is 2.69. The average molecular weight is 261 g/mol. The molecule has 1 N–H and O–H groups in total. The van der Waals surface area contributed by atoms with E-state index in [1.807, 2.05) is 25.1 Å². The Labute approximate surface area is 112 Å². The van der Waals surface area contributed by atoms with E-state index in [9.17, 15) is 5.11 Å². The molecule has 0 aliphatic heterocycles. The van der Waals surface area contributed by atoms with Gasteiger partial charge in [0, 0.05) is 17.9 Å². The molecule has 0 radical (unpaired) electrons. The van der Waals surface area contributed by atoms with Gasteiger partial charge in [0.25, 0.3) is 0 Å². The minimum Gasteiger partial charge on any atom is -0.396 e. The van der Waals surface area contributed by atoms with Crippen LogP contribution in [0, 0.1) is 19.8 Å². The zero-order chi connectivity index (χ0) is 13.0. The van der Waals surface area contributed by atoms with Crippen molar-refractivity contribution in [3.05, 3.63) is 51.5 Å². The monoisotopic (exact) mass is 261 g/mol. The Morgan fingerprint density at radius 1 is 1.17 bits per heavy atom. The molecule has 0 aliphatic rings. The molecule has 2 rings (SSSR count). The van der Waals surface area contributed by atoms with Gasteiger partial charge in [-0.15, -0.1) is 11.3 Å². The molecular weight excluding hydrogens is 242 g/mol. The maximum atomic E-state index is 9.50. The zero-order valence-electron chi connectivity index (χ0n) is 10.9. The molecule has 3 heteroatoms. The smallest absolute Gasteiger partial charge is 0.0934 e. The van der Waals surface area contributed by atoms with Crippen LogP contribution in [0.5, 0.6) is 0 Å². The van der Waals surface area contributed by atoms with Crippen molar-refractivity contribution in [1.82, 2.24) is 4.98 Å². The van der Waals surface area contributed by atoms with Gasteiger partial charge in [-0.05, 0) is 31.7 Å². The van der Waals surface area contributed by atoms with E-state index < -0.39 is 0 Å². The van der Waals surface area contributed by atoms with Crippen LogP contribution in [-0.2, 0) is 12.8 Å². The third kappa shape index (κ3) is 3.40. The van der Waals surface area contributed by atoms with Crippen LogP contribution in [0.25, 0.3) is 0 Å². The number of rotatable bonds is 5. The third-order valence-corrected chi connectivity index (χ3v) is 4.26. The second-order valence-electron chi connectivity index (χ2n) is 4.69. The fourth-order valence-electron chi connectivity index (χ4n) is 2.02. The number of benzene rings is 1. The first-order valence-electron chi connectivity index (χ1n) is 6.26. The lowest BCUT2D eigenvalue weighted by atomic mass is 9.97. The van der Waals surface area contributed by atoms with Gasteiger partial charge in [-0.3, -0.25) is 0 Å². The lowest BCUT2D eigenvalue weighted by Crippen LogP contribution is -2.12. The van der Waals surface area contributed by atoms with Gasteiger partial charge in [0.05, 0.1) is 10.7 Å². The van der Waals surface area contributed by atoms with Crippen LogP contribution >= 0.6 is 11.3 Å². The van der Waals surface area contributed by atoms with Gasteiger partial charge in [-0.2, -0.15) is 0 Å². The highest BCUT2D eigenvalue weighted by Crippen LogP contribution is 2.21. The predicted molar refractivity (Wildman–Crippen MR) is 76.0 cm³/mol. The maximum absolute atomic E-state index is 9.50. The van der Waals surface area contributed by atoms with Crippen LogP contribution in [0.15, 0.2) is 30.3 Å². The summed E-state index contributed by atoms with van der Waals surface area (Å²) in [6.45, 7) is 4.36. The first-order chi connectivity index (χ1) is 8.69. The summed E-state index contributed by atoms with van der Waals surface area (Å²) in [5, 5.41) is 10.6. The number of thiazole rings is 1. The molecular formula is C15H19NOS. The van der Waals surface area contributed by atoms with Crippen molar-refractivity contribution in [2.45, 2.75) is 26.7 Å². The SMILES string of the molecule is Cc1nc(CC(CO)Cc2ccccc2)sc1C. The Morgan fingerprint density at radius 3 is 2.44 bits per heavy atom. The number of aliphatic hydroxyl groups excluding tert-OH is 1. The summed E-state index contributed by atoms with van der Waals surface area (Å²) in [6.07, 6.45) is 1.78. The van der Waals surface area contributed by atoms with E-state index in [-0.39, 0.29) is 12.5 Å². The third-order valence-electron chi connectivity index (χ3n) is 3.16. The molecule has 1 aromatic carbocycles. The van der Waals surface area contributed by atoms with Crippen LogP contribution in [0.3, 0.4) is 0 Å². The topological polar surface area (TPSA) is 33.1 Å². The normalized spacial score (nSPS) is 12.6. The summed E-state index contributed by atoms with van der Waals surface area (Å²) < 4.78 is 0. The molecule has 18 heavy (non-hydrogen) atoms. The van der Waals surface area contributed by atoms with Crippen LogP contribution in [0.2, 0.25) is 0 Å². The minimum atomic E-state index is 0.215. The number of nitrogens with zero attached hydrogens (tertiary/aromatic N) is 1. The van der Waals surface area contributed by atoms with Crippen LogP contribution in [-0.4, -0.2) is 16.7 Å². The van der Waals surface area contributed by atoms with Gasteiger partial charge in [0.1, 0.15) is 0 Å². The summed E-state index contributed by atoms with van der Waals surface area (Å²) in [5.41, 5.74) is 2.40. The Kier molecular flexibility index (Phi) is 4.50. The molecule has 1 unspecified atom stereocenters. The highest BCUT2D eigenvalue weighted by atomic mass is 32.1. The van der Waals surface area contributed by atoms with Crippen molar-refractivity contribution in [3.8, 4) is 0 Å². The molecule has 0 bridgehead atoms. The standard InChI is InChI=1S/C15H19NOS/c1-11-12(2)18-15(16-11)9-14(10-17)8-13-6-4-3-5-7-13/h3-7,14,17H,8-10H2,1-2H3. The number of aliphatic hydroxyl groups is 1. The molecule has 2 aromatic rings. The molecule has 0 aliphatic carbocycles. The first kappa shape index (κ1) is 13.2. The lowest BCUT2D eigenvalue weighted by Gasteiger charge is -2.12. The summed E-state index contributed by atoms with van der Waals surface area (Å²) in [7, 11) is 0. The quantitative estimate of drug-likeness (QED) is 0.897. The van der Waals surface area contributed by atoms with Gasteiger partial charge in [-0.1, -0.05) is 30.3 Å². The van der Waals surface area contributed by atoms with Crippen molar-refractivity contribution in [1.29, 1.82) is 0 Å². The summed E-state index contributed by atoms with van der Waals surface area (Å²) in [4.78, 5) is 5.83. The highest BCUT2D eigenvalue weighted by molar-refractivity contribution is 7.11. The molecule has 2 nitrogen and oxygen atoms in total. The Bertz CT molecular complexity index is 473. The van der Waals surface area contributed by atoms with E-state index in [0.717, 1.165) is 23.5 Å². The molecule has 1 atom stereocenters. The predicted octanol–water partition coefficient (Wildman–Crippen LogP) is 3.15. The second-order valence-corrected chi connectivity index (χ2v) is 5.98. The van der Waals surface area contributed by atoms with Crippen molar-refractivity contribution in [2.75, 3.05) is 6.61 Å². The molecule has 0 spiro atoms. The molecule has 0 fully saturated rings. The lowest BCUT2D eigenvalue weighted by molar-refractivity contribution is 0.225. The van der Waals surface area contributed by atoms with Gasteiger partial charge in [-0.25, -0.2) is 4.98 Å². The highest BCUT2D eigenvalue weighted by Gasteiger charge is 2.13. The summed E-state index contributed by atoms with van der Waals surface area (Å²) >= 11 is 1.75. The molecule has 1 aromatic heterocycles. The first-order valence-corrected chi connectivity index (χ1v) is 7.08. The molecule has 0 saturated heterocycles. The Hall–Kier alpha value is -1.19. The number of aryl methyl sites for hydroxylation is 2. The van der Waals surface area contributed by atoms with E-state index in [0.29, 0.717) is 0 Å². The van der Waals surface area contributed by atoms with E-state index in [1.54, 1.807) is 11.3 Å². The van der Waals surface area contributed by atoms with Crippen LogP contribution < -0.4 is 0 Å². The van der Waals surface area contributed by atoms with E-state index in [4.69, 9.17) is 0 Å². The fourth-order valence-corrected chi connectivity index (χ4v) is 3.07. The van der Waals surface area contributed by atoms with Gasteiger partial charge >= 0.3 is 0 Å². The Morgan fingerprint density at radius 2 is 1.89 bits per heavy atom. The van der Waals surface area contributed by atoms with E-state index in [1.165, 1.54) is 10.4 Å². The maximum Gasteiger partial charge on any atom is 0.0934 e. The minimum absolute atomic E-state index is 0.215. The number of aromatic nitrogens is 1. The fraction of sp³-hybridized carbons (Fsp3) is 0.400. The van der Waals surface area contributed by atoms with E-state index in [2.05, 4.69) is 24.0 Å². The number of hydrogen-bond acceptors (Lipinski definition) is 3. The van der Waals surface area contributed by atoms with Crippen molar-refractivity contribution in [2.24, 2.45) is 5.92 Å². The molecule has 1 heterocycles. The van der Waals surface area contributed by atoms with Crippen molar-refractivity contribution in [3.63, 3.8) is 0 Å². The van der Waals surface area contributed by atoms with Crippen LogP contribution in [0.4, 0.5) is 0 Å². The van der Waals surface area contributed by atoms with Crippen molar-refractivity contribution < 1.29 is 5.11 Å². The number of hydrogen-bond donors (Lipinski definition) is 1. The Balaban J connectivity index is 2.01. The van der Waals surface area contributed by atoms with E-state index >= 15 is 0 Å². The molecule has 0 saturated carbocycles. The molecule has 0 amide bonds. The second kappa shape index (κ2) is 6.12. The van der Waals surface area contributed by atoms with Crippen molar-refractivity contribution >= 4 is 11.3 Å². The summed E-state index contributed by atoms with van der Waals surface area (Å²) in [6, 6.07) is 10.3. The van der Waals surface area contributed by atoms with Crippen LogP contribution in [0.1, 0.15) is 21.1 Å². The molecule has 96 valence electrons. The van der Waals surface area contributed by atoms with Gasteiger partial charge in [0.15, 0.2) is 0 Å². The van der Waals surface area contributed by atoms with Gasteiger partial charge < -0.3 is 5.11 Å². The summed E-state index contributed by atoms with van der Waals surface area (Å²) in [5.74, 6) is 0.261.